The molecule has 0 bridgehead atoms. The van der Waals surface area contributed by atoms with Crippen LogP contribution in [0.2, 0.25) is 12.6 Å². The number of alkyl halides is 12. The Bertz CT molecular complexity index is 2390. The van der Waals surface area contributed by atoms with Gasteiger partial charge >= 0.3 is 414 Å². The van der Waals surface area contributed by atoms with Gasteiger partial charge in [-0.25, -0.2) is 0 Å². The Hall–Kier alpha value is -2.80. The first-order valence-corrected chi connectivity index (χ1v) is 40.6. The molecule has 0 spiro atoms. The molecular weight excluding hydrogens is 1070 g/mol. The second kappa shape index (κ2) is 20.1. The van der Waals surface area contributed by atoms with Crippen molar-refractivity contribution in [3.05, 3.63) is 128 Å². The van der Waals surface area contributed by atoms with Gasteiger partial charge in [0.05, 0.1) is 0 Å². The molecule has 0 nitrogen and oxygen atoms in total. The molecule has 4 aliphatic rings. The van der Waals surface area contributed by atoms with Crippen LogP contribution in [0.3, 0.4) is 0 Å². The average molecular weight is 1120 g/mol. The first-order chi connectivity index (χ1) is 32.8. The van der Waals surface area contributed by atoms with E-state index in [-0.39, 0.29) is 46.2 Å². The van der Waals surface area contributed by atoms with Gasteiger partial charge in [-0.05, 0) is 0 Å². The summed E-state index contributed by atoms with van der Waals surface area (Å²) in [6, 6.07) is 14.0. The second-order valence-electron chi connectivity index (χ2n) is 20.5. The average Bonchev–Trinajstić information content (AvgIpc) is 3.59. The van der Waals surface area contributed by atoms with Gasteiger partial charge in [0.2, 0.25) is 0 Å². The Morgan fingerprint density at radius 3 is 1.13 bits per heavy atom. The normalized spacial score (nSPS) is 21.0. The fraction of sp³-hybridized carbons (Fsp3) is 0.481. The zero-order valence-corrected chi connectivity index (χ0v) is 44.2. The Labute approximate surface area is 411 Å². The number of fused-ring (bicyclic) bond motifs is 2. The summed E-state index contributed by atoms with van der Waals surface area (Å²) in [6.07, 6.45) is -2.83. The molecule has 0 heterocycles. The maximum atomic E-state index is 14.4. The summed E-state index contributed by atoms with van der Waals surface area (Å²) in [5.41, 5.74) is -1.90. The molecule has 0 aromatic heterocycles. The van der Waals surface area contributed by atoms with Crippen LogP contribution >= 0.6 is 17.0 Å². The molecule has 16 heteroatoms. The molecule has 0 N–H and O–H groups in total. The van der Waals surface area contributed by atoms with Crippen LogP contribution < -0.4 is 0 Å². The molecule has 2 fully saturated rings. The van der Waals surface area contributed by atoms with Crippen molar-refractivity contribution in [2.45, 2.75) is 148 Å². The van der Waals surface area contributed by atoms with Gasteiger partial charge in [-0.2, -0.15) is 0 Å². The van der Waals surface area contributed by atoms with Gasteiger partial charge in [0.15, 0.2) is 0 Å². The van der Waals surface area contributed by atoms with E-state index >= 15 is 0 Å². The van der Waals surface area contributed by atoms with Crippen LogP contribution in [0.1, 0.15) is 155 Å². The molecule has 8 rings (SSSR count). The predicted molar refractivity (Wildman–Crippen MR) is 257 cm³/mol. The third-order valence-electron chi connectivity index (χ3n) is 15.9. The number of hydrogen-bond acceptors (Lipinski definition) is 0. The Morgan fingerprint density at radius 2 is 0.829 bits per heavy atom. The first kappa shape index (κ1) is 53.5. The van der Waals surface area contributed by atoms with Gasteiger partial charge in [0.25, 0.3) is 0 Å². The quantitative estimate of drug-likeness (QED) is 0.0798. The Morgan fingerprint density at radius 1 is 0.500 bits per heavy atom. The van der Waals surface area contributed by atoms with E-state index in [1.54, 1.807) is 12.1 Å². The van der Waals surface area contributed by atoms with Crippen molar-refractivity contribution < 1.29 is 68.2 Å². The second-order valence-corrected chi connectivity index (χ2v) is 61.9. The molecule has 4 aliphatic carbocycles. The van der Waals surface area contributed by atoms with E-state index in [0.717, 1.165) is 112 Å². The molecule has 0 aliphatic heterocycles. The van der Waals surface area contributed by atoms with E-state index in [0.29, 0.717) is 47.6 Å². The summed E-state index contributed by atoms with van der Waals surface area (Å²) in [5.74, 6) is -2.02. The van der Waals surface area contributed by atoms with Crippen LogP contribution in [0.15, 0.2) is 83.9 Å². The Kier molecular flexibility index (Phi) is 15.4. The number of hydrogen-bond donors (Lipinski definition) is 0. The van der Waals surface area contributed by atoms with Crippen LogP contribution in [-0.2, 0) is 40.3 Å². The van der Waals surface area contributed by atoms with Crippen molar-refractivity contribution in [2.24, 2.45) is 11.8 Å². The molecule has 4 aromatic rings. The van der Waals surface area contributed by atoms with Crippen molar-refractivity contribution in [2.75, 3.05) is 0 Å². The summed E-state index contributed by atoms with van der Waals surface area (Å²) in [7, 11) is 18.0. The van der Waals surface area contributed by atoms with Crippen molar-refractivity contribution in [1.82, 2.24) is 0 Å². The van der Waals surface area contributed by atoms with Crippen LogP contribution in [0, 0.1) is 11.8 Å². The third-order valence-corrected chi connectivity index (χ3v) is 66.3. The number of allylic oxidation sites excluding steroid dienone is 2. The standard InChI is InChI=1S/2C25H23F6.C4H11Si.2ClH.Zr/c2*26-24(27,28)20-13-19(14-21(15-20)25(29,30)31)22-9-5-8-18-11-17(12-23(18)22)10-16-6-3-1-2-4-7-16;1-3-4-5-2;;;/h2*5,8-9,11-16H,1-4,6-7,10H2;5H,3-4H2,1-2H3;2*1H;/q;;;;;+2/p-2. The number of halogens is 14. The van der Waals surface area contributed by atoms with Crippen molar-refractivity contribution in [3.63, 3.8) is 0 Å². The van der Waals surface area contributed by atoms with Crippen LogP contribution in [0.5, 0.6) is 0 Å². The van der Waals surface area contributed by atoms with Crippen molar-refractivity contribution >= 4 is 35.1 Å². The summed E-state index contributed by atoms with van der Waals surface area (Å²) in [5, 5.41) is 0. The van der Waals surface area contributed by atoms with E-state index in [4.69, 9.17) is 17.0 Å². The van der Waals surface area contributed by atoms with Crippen LogP contribution in [-0.4, -0.2) is 5.92 Å². The zero-order chi connectivity index (χ0) is 50.6. The van der Waals surface area contributed by atoms with E-state index in [1.807, 2.05) is 31.2 Å². The molecule has 2 saturated carbocycles. The molecule has 3 unspecified atom stereocenters. The fourth-order valence-electron chi connectivity index (χ4n) is 12.6. The molecule has 0 radical (unpaired) electrons. The fourth-order valence-corrected chi connectivity index (χ4v) is 53.8. The van der Waals surface area contributed by atoms with Crippen molar-refractivity contribution in [1.29, 1.82) is 0 Å². The molecule has 0 amide bonds. The minimum atomic E-state index is -5.98. The van der Waals surface area contributed by atoms with E-state index in [2.05, 4.69) is 6.55 Å². The zero-order valence-electron chi connectivity index (χ0n) is 39.1. The molecular formula is C54H57Cl2F12SiZr. The number of rotatable bonds is 11. The van der Waals surface area contributed by atoms with Gasteiger partial charge in [0, 0.05) is 0 Å². The van der Waals surface area contributed by atoms with Gasteiger partial charge in [-0.3, -0.25) is 0 Å². The SMILES string of the molecule is CCC[SiH](C)[Zr]([Cl])([Cl])([CH]1C(CC2CCCCCC2)=Cc2c(-c3cc(C(F)(F)F)cc(C(F)(F)F)c3)cccc21)[CH]1C(CC2CCCCCC2)=Cc2c(-c3cc(C(F)(F)F)cc(C(F)(F)F)c3)cccc21. The molecule has 4 aromatic carbocycles. The van der Waals surface area contributed by atoms with E-state index in [1.165, 1.54) is 12.1 Å². The third kappa shape index (κ3) is 10.7. The predicted octanol–water partition coefficient (Wildman–Crippen LogP) is 20.2. The number of benzene rings is 4. The molecule has 0 saturated heterocycles. The molecule has 379 valence electrons. The summed E-state index contributed by atoms with van der Waals surface area (Å²) >= 11 is -5.98. The topological polar surface area (TPSA) is 0 Å². The monoisotopic (exact) mass is 1120 g/mol. The van der Waals surface area contributed by atoms with E-state index < -0.39 is 75.7 Å². The minimum absolute atomic E-state index is 0.117. The van der Waals surface area contributed by atoms with E-state index in [9.17, 15) is 52.7 Å². The van der Waals surface area contributed by atoms with Crippen LogP contribution in [0.25, 0.3) is 34.4 Å². The van der Waals surface area contributed by atoms with Gasteiger partial charge in [-0.1, -0.05) is 0 Å². The summed E-state index contributed by atoms with van der Waals surface area (Å²) in [6.45, 7) is 4.20. The summed E-state index contributed by atoms with van der Waals surface area (Å²) in [4.78, 5) is 0. The summed E-state index contributed by atoms with van der Waals surface area (Å²) < 4.78 is 172. The molecule has 70 heavy (non-hydrogen) atoms. The molecule has 3 atom stereocenters. The van der Waals surface area contributed by atoms with Crippen molar-refractivity contribution in [3.8, 4) is 22.3 Å². The maximum absolute atomic E-state index is 14.4. The first-order valence-electron chi connectivity index (χ1n) is 24.6. The van der Waals surface area contributed by atoms with Gasteiger partial charge in [0.1, 0.15) is 0 Å². The van der Waals surface area contributed by atoms with Gasteiger partial charge in [-0.15, -0.1) is 0 Å². The Balaban J connectivity index is 1.40. The van der Waals surface area contributed by atoms with Gasteiger partial charge < -0.3 is 0 Å². The van der Waals surface area contributed by atoms with Crippen LogP contribution in [0.4, 0.5) is 52.7 Å².